The van der Waals surface area contributed by atoms with Crippen molar-refractivity contribution < 1.29 is 9.13 Å². The summed E-state index contributed by atoms with van der Waals surface area (Å²) in [5.41, 5.74) is 0.0632. The average Bonchev–Trinajstić information content (AvgIpc) is 2.40. The molecule has 0 spiro atoms. The number of nitrogens with zero attached hydrogens (tertiary/aromatic N) is 1. The summed E-state index contributed by atoms with van der Waals surface area (Å²) in [6, 6.07) is 4.64. The van der Waals surface area contributed by atoms with E-state index in [1.165, 1.54) is 19.5 Å². The highest BCUT2D eigenvalue weighted by atomic mass is 79.9. The number of benzene rings is 1. The third-order valence-electron chi connectivity index (χ3n) is 2.47. The van der Waals surface area contributed by atoms with Crippen LogP contribution in [0.4, 0.5) is 10.2 Å². The fourth-order valence-electron chi connectivity index (χ4n) is 1.56. The number of aromatic nitrogens is 2. The molecule has 1 heterocycles. The second-order valence-corrected chi connectivity index (χ2v) is 4.62. The Morgan fingerprint density at radius 2 is 2.32 bits per heavy atom. The van der Waals surface area contributed by atoms with E-state index in [4.69, 9.17) is 4.74 Å². The third-order valence-corrected chi connectivity index (χ3v) is 2.96. The van der Waals surface area contributed by atoms with E-state index in [0.717, 1.165) is 4.47 Å². The van der Waals surface area contributed by atoms with Crippen molar-refractivity contribution in [2.75, 3.05) is 12.4 Å². The smallest absolute Gasteiger partial charge is 0.295 e. The number of aromatic amines is 1. The van der Waals surface area contributed by atoms with Crippen molar-refractivity contribution in [3.8, 4) is 5.75 Å². The van der Waals surface area contributed by atoms with E-state index in [2.05, 4.69) is 31.2 Å². The van der Waals surface area contributed by atoms with Gasteiger partial charge in [-0.3, -0.25) is 4.79 Å². The van der Waals surface area contributed by atoms with Crippen LogP contribution in [0.1, 0.15) is 5.56 Å². The van der Waals surface area contributed by atoms with E-state index < -0.39 is 5.56 Å². The number of anilines is 1. The number of hydrogen-bond donors (Lipinski definition) is 2. The minimum Gasteiger partial charge on any atom is -0.489 e. The van der Waals surface area contributed by atoms with Crippen LogP contribution in [-0.2, 0) is 6.54 Å². The molecule has 0 fully saturated rings. The van der Waals surface area contributed by atoms with Crippen LogP contribution < -0.4 is 15.6 Å². The zero-order valence-corrected chi connectivity index (χ0v) is 11.6. The molecule has 0 saturated carbocycles. The van der Waals surface area contributed by atoms with Gasteiger partial charge in [-0.05, 0) is 18.2 Å². The van der Waals surface area contributed by atoms with Gasteiger partial charge in [-0.25, -0.2) is 9.37 Å². The summed E-state index contributed by atoms with van der Waals surface area (Å²) < 4.78 is 19.3. The first-order chi connectivity index (χ1) is 9.11. The lowest BCUT2D eigenvalue weighted by Gasteiger charge is -2.09. The van der Waals surface area contributed by atoms with Crippen LogP contribution >= 0.6 is 15.9 Å². The van der Waals surface area contributed by atoms with Gasteiger partial charge in [0.2, 0.25) is 5.75 Å². The molecule has 7 heteroatoms. The predicted octanol–water partition coefficient (Wildman–Crippen LogP) is 2.29. The van der Waals surface area contributed by atoms with Gasteiger partial charge in [-0.1, -0.05) is 15.9 Å². The van der Waals surface area contributed by atoms with Gasteiger partial charge in [-0.15, -0.1) is 0 Å². The summed E-state index contributed by atoms with van der Waals surface area (Å²) in [5, 5.41) is 2.87. The Morgan fingerprint density at radius 3 is 3.05 bits per heavy atom. The zero-order chi connectivity index (χ0) is 13.8. The highest BCUT2D eigenvalue weighted by Crippen LogP contribution is 2.19. The number of halogens is 2. The third kappa shape index (κ3) is 3.11. The molecule has 0 radical (unpaired) electrons. The summed E-state index contributed by atoms with van der Waals surface area (Å²) in [6.07, 6.45) is 1.25. The summed E-state index contributed by atoms with van der Waals surface area (Å²) in [5.74, 6) is 0.00281. The minimum absolute atomic E-state index is 0.0675. The highest BCUT2D eigenvalue weighted by molar-refractivity contribution is 9.10. The van der Waals surface area contributed by atoms with E-state index in [0.29, 0.717) is 5.56 Å². The van der Waals surface area contributed by atoms with Crippen molar-refractivity contribution in [2.24, 2.45) is 0 Å². The van der Waals surface area contributed by atoms with Crippen molar-refractivity contribution in [1.29, 1.82) is 0 Å². The molecule has 0 saturated heterocycles. The molecule has 0 aliphatic heterocycles. The Hall–Kier alpha value is -1.89. The van der Waals surface area contributed by atoms with Crippen molar-refractivity contribution in [3.05, 3.63) is 50.7 Å². The van der Waals surface area contributed by atoms with Crippen LogP contribution in [0.25, 0.3) is 0 Å². The molecule has 5 nitrogen and oxygen atoms in total. The fourth-order valence-corrected chi connectivity index (χ4v) is 1.97. The zero-order valence-electron chi connectivity index (χ0n) is 10.0. The lowest BCUT2D eigenvalue weighted by Crippen LogP contribution is -2.14. The quantitative estimate of drug-likeness (QED) is 0.904. The van der Waals surface area contributed by atoms with Gasteiger partial charge in [0.1, 0.15) is 5.82 Å². The summed E-state index contributed by atoms with van der Waals surface area (Å²) >= 11 is 3.27. The van der Waals surface area contributed by atoms with Crippen molar-refractivity contribution >= 4 is 21.7 Å². The van der Waals surface area contributed by atoms with Gasteiger partial charge >= 0.3 is 0 Å². The van der Waals surface area contributed by atoms with Crippen molar-refractivity contribution in [1.82, 2.24) is 9.97 Å². The number of H-pyrrole nitrogens is 1. The number of hydrogen-bond acceptors (Lipinski definition) is 4. The molecule has 1 aromatic heterocycles. The highest BCUT2D eigenvalue weighted by Gasteiger charge is 2.09. The Bertz CT molecular complexity index is 645. The van der Waals surface area contributed by atoms with Gasteiger partial charge in [0.15, 0.2) is 5.82 Å². The standard InChI is InChI=1S/C12H11BrFN3O2/c1-19-10-11(16-6-17-12(10)18)15-5-7-4-8(13)2-3-9(7)14/h2-4,6H,5H2,1H3,(H2,15,16,17,18). The maximum absolute atomic E-state index is 13.6. The monoisotopic (exact) mass is 327 g/mol. The van der Waals surface area contributed by atoms with Crippen molar-refractivity contribution in [3.63, 3.8) is 0 Å². The maximum atomic E-state index is 13.6. The maximum Gasteiger partial charge on any atom is 0.295 e. The lowest BCUT2D eigenvalue weighted by molar-refractivity contribution is 0.408. The average molecular weight is 328 g/mol. The topological polar surface area (TPSA) is 67.0 Å². The van der Waals surface area contributed by atoms with Gasteiger partial charge in [-0.2, -0.15) is 0 Å². The molecule has 0 amide bonds. The number of methoxy groups -OCH3 is 1. The van der Waals surface area contributed by atoms with E-state index in [9.17, 15) is 9.18 Å². The normalized spacial score (nSPS) is 10.3. The van der Waals surface area contributed by atoms with Crippen LogP contribution in [0.15, 0.2) is 33.8 Å². The summed E-state index contributed by atoms with van der Waals surface area (Å²) in [4.78, 5) is 17.8. The Kier molecular flexibility index (Phi) is 4.16. The molecule has 2 aromatic rings. The van der Waals surface area contributed by atoms with Crippen LogP contribution in [0, 0.1) is 5.82 Å². The fraction of sp³-hybridized carbons (Fsp3) is 0.167. The Balaban J connectivity index is 2.21. The van der Waals surface area contributed by atoms with Gasteiger partial charge in [0.25, 0.3) is 5.56 Å². The number of ether oxygens (including phenoxy) is 1. The second kappa shape index (κ2) is 5.83. The molecular formula is C12H11BrFN3O2. The summed E-state index contributed by atoms with van der Waals surface area (Å²) in [7, 11) is 1.37. The van der Waals surface area contributed by atoms with E-state index >= 15 is 0 Å². The van der Waals surface area contributed by atoms with E-state index in [-0.39, 0.29) is 23.9 Å². The minimum atomic E-state index is -0.394. The SMILES string of the molecule is COc1c(NCc2cc(Br)ccc2F)nc[nH]c1=O. The molecule has 1 aromatic carbocycles. The molecule has 0 bridgehead atoms. The van der Waals surface area contributed by atoms with E-state index in [1.807, 2.05) is 0 Å². The number of nitrogens with one attached hydrogen (secondary N) is 2. The van der Waals surface area contributed by atoms with Crippen LogP contribution in [0.2, 0.25) is 0 Å². The molecule has 0 unspecified atom stereocenters. The van der Waals surface area contributed by atoms with Gasteiger partial charge in [0, 0.05) is 16.6 Å². The van der Waals surface area contributed by atoms with Crippen molar-refractivity contribution in [2.45, 2.75) is 6.54 Å². The predicted molar refractivity (Wildman–Crippen MR) is 72.8 cm³/mol. The largest absolute Gasteiger partial charge is 0.489 e. The first kappa shape index (κ1) is 13.5. The first-order valence-corrected chi connectivity index (χ1v) is 6.20. The molecule has 19 heavy (non-hydrogen) atoms. The Labute approximate surface area is 117 Å². The first-order valence-electron chi connectivity index (χ1n) is 5.41. The molecule has 0 aliphatic carbocycles. The molecule has 100 valence electrons. The number of rotatable bonds is 4. The molecule has 2 rings (SSSR count). The van der Waals surface area contributed by atoms with Crippen LogP contribution in [-0.4, -0.2) is 17.1 Å². The molecule has 0 aliphatic rings. The lowest BCUT2D eigenvalue weighted by atomic mass is 10.2. The van der Waals surface area contributed by atoms with Gasteiger partial charge in [0.05, 0.1) is 13.4 Å². The van der Waals surface area contributed by atoms with Crippen LogP contribution in [0.5, 0.6) is 5.75 Å². The molecule has 2 N–H and O–H groups in total. The molecule has 0 atom stereocenters. The van der Waals surface area contributed by atoms with E-state index in [1.54, 1.807) is 12.1 Å². The Morgan fingerprint density at radius 1 is 1.53 bits per heavy atom. The van der Waals surface area contributed by atoms with Crippen LogP contribution in [0.3, 0.4) is 0 Å². The molecular weight excluding hydrogens is 317 g/mol. The summed E-state index contributed by atoms with van der Waals surface area (Å²) in [6.45, 7) is 0.193. The van der Waals surface area contributed by atoms with Gasteiger partial charge < -0.3 is 15.0 Å². The second-order valence-electron chi connectivity index (χ2n) is 3.70.